The Kier molecular flexibility index (Phi) is 7.26. The van der Waals surface area contributed by atoms with E-state index in [9.17, 15) is 4.79 Å². The second-order valence-electron chi connectivity index (χ2n) is 7.03. The van der Waals surface area contributed by atoms with Gasteiger partial charge in [-0.25, -0.2) is 0 Å². The number of benzene rings is 2. The lowest BCUT2D eigenvalue weighted by Crippen LogP contribution is -2.09. The summed E-state index contributed by atoms with van der Waals surface area (Å²) in [5.74, 6) is 2.18. The third-order valence-corrected chi connectivity index (χ3v) is 5.64. The maximum atomic E-state index is 12.5. The van der Waals surface area contributed by atoms with Crippen molar-refractivity contribution in [3.8, 4) is 11.8 Å². The highest BCUT2D eigenvalue weighted by molar-refractivity contribution is 7.99. The fourth-order valence-corrected chi connectivity index (χ4v) is 3.94. The summed E-state index contributed by atoms with van der Waals surface area (Å²) in [6.07, 6.45) is 0. The molecule has 0 aliphatic carbocycles. The number of hydrogen-bond acceptors (Lipinski definition) is 6. The zero-order valence-corrected chi connectivity index (χ0v) is 18.1. The van der Waals surface area contributed by atoms with Crippen molar-refractivity contribution >= 4 is 17.5 Å². The third-order valence-electron chi connectivity index (χ3n) is 4.68. The number of rotatable bonds is 9. The van der Waals surface area contributed by atoms with Gasteiger partial charge in [0.2, 0.25) is 0 Å². The van der Waals surface area contributed by atoms with Gasteiger partial charge in [0, 0.05) is 12.1 Å². The number of hydrogen-bond donors (Lipinski definition) is 0. The molecule has 30 heavy (non-hydrogen) atoms. The monoisotopic (exact) mass is 420 g/mol. The highest BCUT2D eigenvalue weighted by Crippen LogP contribution is 2.27. The minimum absolute atomic E-state index is 0.0150. The van der Waals surface area contributed by atoms with Crippen molar-refractivity contribution in [1.29, 1.82) is 5.26 Å². The Hall–Kier alpha value is -3.11. The van der Waals surface area contributed by atoms with Gasteiger partial charge in [0.25, 0.3) is 0 Å². The molecular weight excluding hydrogens is 396 g/mol. The van der Waals surface area contributed by atoms with Crippen LogP contribution in [0.2, 0.25) is 0 Å². The maximum absolute atomic E-state index is 12.5. The maximum Gasteiger partial charge on any atom is 0.191 e. The van der Waals surface area contributed by atoms with E-state index >= 15 is 0 Å². The lowest BCUT2D eigenvalue weighted by Gasteiger charge is -2.14. The second-order valence-corrected chi connectivity index (χ2v) is 7.97. The molecule has 2 aromatic carbocycles. The molecule has 0 saturated carbocycles. The van der Waals surface area contributed by atoms with E-state index in [4.69, 9.17) is 10.00 Å². The molecule has 0 N–H and O–H groups in total. The Labute approximate surface area is 180 Å². The molecule has 3 aromatic rings. The molecule has 0 aliphatic rings. The third kappa shape index (κ3) is 5.08. The summed E-state index contributed by atoms with van der Waals surface area (Å²) in [4.78, 5) is 12.5. The first-order chi connectivity index (χ1) is 14.5. The lowest BCUT2D eigenvalue weighted by molar-refractivity contribution is 0.102. The van der Waals surface area contributed by atoms with Crippen LogP contribution in [-0.2, 0) is 13.2 Å². The van der Waals surface area contributed by atoms with Gasteiger partial charge in [-0.05, 0) is 36.6 Å². The van der Waals surface area contributed by atoms with Gasteiger partial charge in [0.05, 0.1) is 17.4 Å². The Balaban J connectivity index is 1.65. The highest BCUT2D eigenvalue weighted by atomic mass is 32.2. The van der Waals surface area contributed by atoms with Crippen molar-refractivity contribution < 1.29 is 9.53 Å². The lowest BCUT2D eigenvalue weighted by atomic mass is 10.0. The average Bonchev–Trinajstić information content (AvgIpc) is 3.17. The van der Waals surface area contributed by atoms with Crippen LogP contribution in [0.3, 0.4) is 0 Å². The van der Waals surface area contributed by atoms with E-state index in [0.717, 1.165) is 17.1 Å². The molecule has 0 radical (unpaired) electrons. The van der Waals surface area contributed by atoms with Crippen LogP contribution in [0.5, 0.6) is 5.75 Å². The molecule has 0 atom stereocenters. The summed E-state index contributed by atoms with van der Waals surface area (Å²) in [6.45, 7) is 7.29. The fourth-order valence-electron chi connectivity index (χ4n) is 3.03. The van der Waals surface area contributed by atoms with E-state index in [2.05, 4.69) is 36.2 Å². The van der Waals surface area contributed by atoms with E-state index in [-0.39, 0.29) is 11.5 Å². The van der Waals surface area contributed by atoms with Crippen LogP contribution in [0.1, 0.15) is 54.0 Å². The number of ketones is 1. The predicted octanol–water partition coefficient (Wildman–Crippen LogP) is 4.85. The summed E-state index contributed by atoms with van der Waals surface area (Å²) in [5.41, 5.74) is 2.27. The van der Waals surface area contributed by atoms with Crippen LogP contribution in [0.25, 0.3) is 0 Å². The fraction of sp³-hybridized carbons (Fsp3) is 0.304. The van der Waals surface area contributed by atoms with E-state index in [1.807, 2.05) is 29.7 Å². The summed E-state index contributed by atoms with van der Waals surface area (Å²) in [5, 5.41) is 18.1. The van der Waals surface area contributed by atoms with E-state index in [0.29, 0.717) is 35.4 Å². The number of ether oxygens (including phenoxy) is 1. The average molecular weight is 421 g/mol. The van der Waals surface area contributed by atoms with Crippen molar-refractivity contribution in [2.45, 2.75) is 45.0 Å². The van der Waals surface area contributed by atoms with Crippen LogP contribution in [0, 0.1) is 11.3 Å². The number of Topliss-reactive ketones (excluding diaryl/α,β-unsaturated/α-hetero) is 1. The molecule has 3 rings (SSSR count). The molecule has 0 bridgehead atoms. The highest BCUT2D eigenvalue weighted by Gasteiger charge is 2.15. The molecule has 0 spiro atoms. The first kappa shape index (κ1) is 21.6. The van der Waals surface area contributed by atoms with Crippen molar-refractivity contribution in [2.24, 2.45) is 0 Å². The minimum atomic E-state index is -0.0150. The van der Waals surface area contributed by atoms with E-state index in [1.54, 1.807) is 24.3 Å². The second kappa shape index (κ2) is 10.1. The molecule has 0 unspecified atom stereocenters. The summed E-state index contributed by atoms with van der Waals surface area (Å²) in [6, 6.07) is 16.7. The van der Waals surface area contributed by atoms with Gasteiger partial charge >= 0.3 is 0 Å². The van der Waals surface area contributed by atoms with E-state index in [1.165, 1.54) is 11.8 Å². The zero-order chi connectivity index (χ0) is 21.5. The first-order valence-electron chi connectivity index (χ1n) is 9.83. The topological polar surface area (TPSA) is 80.8 Å². The SMILES string of the molecule is CCn1c(COc2ccccc2C(C)C)nnc1SCC(=O)c1ccc(C#N)cc1. The van der Waals surface area contributed by atoms with E-state index < -0.39 is 0 Å². The Bertz CT molecular complexity index is 1050. The Morgan fingerprint density at radius 1 is 1.17 bits per heavy atom. The van der Waals surface area contributed by atoms with Gasteiger partial charge in [-0.2, -0.15) is 5.26 Å². The van der Waals surface area contributed by atoms with Gasteiger partial charge in [-0.3, -0.25) is 4.79 Å². The first-order valence-corrected chi connectivity index (χ1v) is 10.8. The van der Waals surface area contributed by atoms with Crippen molar-refractivity contribution in [1.82, 2.24) is 14.8 Å². The van der Waals surface area contributed by atoms with Gasteiger partial charge < -0.3 is 9.30 Å². The van der Waals surface area contributed by atoms with Crippen LogP contribution < -0.4 is 4.74 Å². The molecule has 7 heteroatoms. The number of para-hydroxylation sites is 1. The number of aromatic nitrogens is 3. The van der Waals surface area contributed by atoms with Crippen LogP contribution in [0.15, 0.2) is 53.7 Å². The van der Waals surface area contributed by atoms with Crippen LogP contribution >= 0.6 is 11.8 Å². The quantitative estimate of drug-likeness (QED) is 0.364. The molecule has 1 aromatic heterocycles. The predicted molar refractivity (Wildman–Crippen MR) is 117 cm³/mol. The zero-order valence-electron chi connectivity index (χ0n) is 17.3. The molecule has 0 amide bonds. The number of nitriles is 1. The molecule has 0 saturated heterocycles. The minimum Gasteiger partial charge on any atom is -0.485 e. The summed E-state index contributed by atoms with van der Waals surface area (Å²) in [7, 11) is 0. The Morgan fingerprint density at radius 3 is 2.57 bits per heavy atom. The largest absolute Gasteiger partial charge is 0.485 e. The smallest absolute Gasteiger partial charge is 0.191 e. The molecular formula is C23H24N4O2S. The number of carbonyl (C=O) groups excluding carboxylic acids is 1. The molecule has 0 fully saturated rings. The van der Waals surface area contributed by atoms with Gasteiger partial charge in [0.1, 0.15) is 12.4 Å². The number of thioether (sulfide) groups is 1. The normalized spacial score (nSPS) is 10.8. The summed E-state index contributed by atoms with van der Waals surface area (Å²) >= 11 is 1.35. The van der Waals surface area contributed by atoms with Gasteiger partial charge in [0.15, 0.2) is 16.8 Å². The number of carbonyl (C=O) groups is 1. The van der Waals surface area contributed by atoms with Crippen molar-refractivity contribution in [3.63, 3.8) is 0 Å². The van der Waals surface area contributed by atoms with Gasteiger partial charge in [-0.15, -0.1) is 10.2 Å². The van der Waals surface area contributed by atoms with Gasteiger partial charge in [-0.1, -0.05) is 55.9 Å². The summed E-state index contributed by atoms with van der Waals surface area (Å²) < 4.78 is 8.00. The molecule has 6 nitrogen and oxygen atoms in total. The molecule has 0 aliphatic heterocycles. The van der Waals surface area contributed by atoms with Crippen LogP contribution in [0.4, 0.5) is 0 Å². The Morgan fingerprint density at radius 2 is 1.90 bits per heavy atom. The van der Waals surface area contributed by atoms with Crippen molar-refractivity contribution in [2.75, 3.05) is 5.75 Å². The van der Waals surface area contributed by atoms with Crippen molar-refractivity contribution in [3.05, 3.63) is 71.0 Å². The molecule has 154 valence electrons. The standard InChI is InChI=1S/C23H24N4O2S/c1-4-27-22(14-29-21-8-6-5-7-19(21)16(2)3)25-26-23(27)30-15-20(28)18-11-9-17(13-24)10-12-18/h5-12,16H,4,14-15H2,1-3H3. The van der Waals surface area contributed by atoms with Crippen LogP contribution in [-0.4, -0.2) is 26.3 Å². The number of nitrogens with zero attached hydrogens (tertiary/aromatic N) is 4. The molecule has 1 heterocycles.